The van der Waals surface area contributed by atoms with Crippen LogP contribution >= 0.6 is 0 Å². The van der Waals surface area contributed by atoms with E-state index in [1.54, 1.807) is 0 Å². The molecule has 0 spiro atoms. The highest BCUT2D eigenvalue weighted by Crippen LogP contribution is 2.59. The molecule has 2 heterocycles. The van der Waals surface area contributed by atoms with E-state index in [1.165, 1.54) is 76.8 Å². The van der Waals surface area contributed by atoms with E-state index in [9.17, 15) is 0 Å². The zero-order valence-corrected chi connectivity index (χ0v) is 34.3. The first kappa shape index (κ1) is 35.5. The normalized spacial score (nSPS) is 12.9. The van der Waals surface area contributed by atoms with Crippen LogP contribution in [0.5, 0.6) is 0 Å². The number of hydrogen-bond donors (Lipinski definition) is 0. The quantitative estimate of drug-likeness (QED) is 0.162. The summed E-state index contributed by atoms with van der Waals surface area (Å²) in [5, 5.41) is 9.53. The van der Waals surface area contributed by atoms with E-state index in [4.69, 9.17) is 9.97 Å². The number of nitrogens with zero attached hydrogens (tertiary/aromatic N) is 2. The lowest BCUT2D eigenvalue weighted by Gasteiger charge is -2.35. The van der Waals surface area contributed by atoms with E-state index < -0.39 is 5.41 Å². The van der Waals surface area contributed by atoms with Crippen LogP contribution in [0.3, 0.4) is 0 Å². The maximum Gasteiger partial charge on any atom is 0.0972 e. The van der Waals surface area contributed by atoms with E-state index in [0.29, 0.717) is 0 Å². The zero-order chi connectivity index (χ0) is 41.5. The molecule has 2 nitrogen and oxygen atoms in total. The average Bonchev–Trinajstić information content (AvgIpc) is 3.67. The molecule has 0 radical (unpaired) electrons. The number of aromatic nitrogens is 2. The zero-order valence-electron chi connectivity index (χ0n) is 34.3. The van der Waals surface area contributed by atoms with E-state index in [2.05, 4.69) is 224 Å². The fourth-order valence-electron chi connectivity index (χ4n) is 10.8. The number of fused-ring (bicyclic) bond motifs is 11. The fourth-order valence-corrected chi connectivity index (χ4v) is 10.8. The van der Waals surface area contributed by atoms with Gasteiger partial charge in [0.2, 0.25) is 0 Å². The van der Waals surface area contributed by atoms with Crippen molar-refractivity contribution in [2.24, 2.45) is 0 Å². The van der Waals surface area contributed by atoms with Gasteiger partial charge in [0.1, 0.15) is 0 Å². The van der Waals surface area contributed by atoms with Gasteiger partial charge in [-0.05, 0) is 95.0 Å². The number of hydrogen-bond acceptors (Lipinski definition) is 2. The lowest BCUT2D eigenvalue weighted by molar-refractivity contribution is 0.776. The Labute approximate surface area is 365 Å². The van der Waals surface area contributed by atoms with Gasteiger partial charge < -0.3 is 0 Å². The van der Waals surface area contributed by atoms with Gasteiger partial charge in [0.05, 0.1) is 27.8 Å². The Hall–Kier alpha value is -8.20. The van der Waals surface area contributed by atoms with Crippen molar-refractivity contribution in [3.8, 4) is 44.8 Å². The molecule has 10 aromatic carbocycles. The first-order valence-corrected chi connectivity index (χ1v) is 21.7. The van der Waals surface area contributed by atoms with Crippen LogP contribution in [-0.2, 0) is 5.41 Å². The summed E-state index contributed by atoms with van der Waals surface area (Å²) in [7, 11) is 0. The molecule has 0 unspecified atom stereocenters. The topological polar surface area (TPSA) is 25.8 Å². The van der Waals surface area contributed by atoms with Gasteiger partial charge in [-0.15, -0.1) is 0 Å². The summed E-state index contributed by atoms with van der Waals surface area (Å²) < 4.78 is 0. The fraction of sp³-hybridized carbons (Fsp3) is 0.0164. The van der Waals surface area contributed by atoms with Crippen LogP contribution in [0.4, 0.5) is 0 Å². The summed E-state index contributed by atoms with van der Waals surface area (Å²) >= 11 is 0. The van der Waals surface area contributed by atoms with Crippen molar-refractivity contribution in [1.82, 2.24) is 9.97 Å². The molecule has 63 heavy (non-hydrogen) atoms. The molecule has 2 heteroatoms. The molecule has 1 aliphatic rings. The van der Waals surface area contributed by atoms with Crippen molar-refractivity contribution in [1.29, 1.82) is 0 Å². The predicted molar refractivity (Wildman–Crippen MR) is 263 cm³/mol. The predicted octanol–water partition coefficient (Wildman–Crippen LogP) is 15.6. The smallest absolute Gasteiger partial charge is 0.0972 e. The maximum atomic E-state index is 5.40. The van der Waals surface area contributed by atoms with Gasteiger partial charge in [0, 0.05) is 21.9 Å². The number of rotatable bonds is 5. The third kappa shape index (κ3) is 5.25. The SMILES string of the molecule is c1ccc(-c2ccc3ccc4ccc(-c5ccc(-c6cc7ccc8c(c7c7ccccc67)C(c6ccccc6)(c6ccccc6)c6ccccc6-8)c6ccccc56)nc4c3n2)cc1. The molecular formula is C61H38N2. The van der Waals surface area contributed by atoms with Crippen molar-refractivity contribution in [3.63, 3.8) is 0 Å². The van der Waals surface area contributed by atoms with Gasteiger partial charge in [-0.25, -0.2) is 9.97 Å². The molecule has 0 fully saturated rings. The molecule has 0 atom stereocenters. The van der Waals surface area contributed by atoms with Crippen LogP contribution < -0.4 is 0 Å². The Kier molecular flexibility index (Phi) is 7.85. The van der Waals surface area contributed by atoms with Crippen LogP contribution in [0.15, 0.2) is 231 Å². The molecule has 0 saturated carbocycles. The second kappa shape index (κ2) is 13.9. The monoisotopic (exact) mass is 798 g/mol. The summed E-state index contributed by atoms with van der Waals surface area (Å²) in [4.78, 5) is 10.6. The van der Waals surface area contributed by atoms with E-state index >= 15 is 0 Å². The van der Waals surface area contributed by atoms with Crippen LogP contribution in [0.2, 0.25) is 0 Å². The first-order valence-electron chi connectivity index (χ1n) is 21.7. The van der Waals surface area contributed by atoms with Crippen molar-refractivity contribution < 1.29 is 0 Å². The van der Waals surface area contributed by atoms with Gasteiger partial charge in [0.15, 0.2) is 0 Å². The van der Waals surface area contributed by atoms with Crippen molar-refractivity contribution in [2.75, 3.05) is 0 Å². The first-order chi connectivity index (χ1) is 31.3. The highest BCUT2D eigenvalue weighted by molar-refractivity contribution is 6.20. The summed E-state index contributed by atoms with van der Waals surface area (Å²) in [6.45, 7) is 0. The lowest BCUT2D eigenvalue weighted by atomic mass is 9.66. The van der Waals surface area contributed by atoms with E-state index in [1.807, 2.05) is 6.07 Å². The minimum absolute atomic E-state index is 0.511. The minimum atomic E-state index is -0.511. The Morgan fingerprint density at radius 3 is 1.46 bits per heavy atom. The molecule has 292 valence electrons. The number of benzene rings is 10. The van der Waals surface area contributed by atoms with Crippen molar-refractivity contribution >= 4 is 54.1 Å². The molecule has 12 aromatic rings. The molecule has 0 amide bonds. The molecular weight excluding hydrogens is 761 g/mol. The van der Waals surface area contributed by atoms with Crippen molar-refractivity contribution in [2.45, 2.75) is 5.41 Å². The molecule has 1 aliphatic carbocycles. The Morgan fingerprint density at radius 1 is 0.302 bits per heavy atom. The third-order valence-corrected chi connectivity index (χ3v) is 13.5. The molecule has 0 bridgehead atoms. The standard InChI is InChI=1S/C61H38N2/c1-4-16-39(17-5-1)55-36-31-40-28-29-41-32-37-56(63-60(41)59(40)62-55)50-35-34-48(45-22-10-11-23-46(45)50)53-38-42-30-33-52-49-25-14-15-27-54(49)61(43-18-6-2-7-19-43,44-20-8-3-9-21-44)58(52)57(42)51-26-13-12-24-47(51)53/h1-38H. The van der Waals surface area contributed by atoms with Crippen LogP contribution in [0.25, 0.3) is 98.9 Å². The lowest BCUT2D eigenvalue weighted by Crippen LogP contribution is -2.28. The van der Waals surface area contributed by atoms with Crippen LogP contribution in [-0.4, -0.2) is 9.97 Å². The van der Waals surface area contributed by atoms with Gasteiger partial charge in [-0.2, -0.15) is 0 Å². The highest BCUT2D eigenvalue weighted by atomic mass is 14.8. The molecule has 0 saturated heterocycles. The molecule has 0 N–H and O–H groups in total. The molecule has 13 rings (SSSR count). The van der Waals surface area contributed by atoms with Gasteiger partial charge >= 0.3 is 0 Å². The Morgan fingerprint density at radius 2 is 0.778 bits per heavy atom. The molecule has 2 aromatic heterocycles. The second-order valence-electron chi connectivity index (χ2n) is 16.8. The third-order valence-electron chi connectivity index (χ3n) is 13.5. The van der Waals surface area contributed by atoms with Gasteiger partial charge in [0.25, 0.3) is 0 Å². The summed E-state index contributed by atoms with van der Waals surface area (Å²) in [6, 6.07) is 84.2. The Balaban J connectivity index is 1.04. The molecule has 0 aliphatic heterocycles. The number of pyridine rings is 2. The largest absolute Gasteiger partial charge is 0.245 e. The van der Waals surface area contributed by atoms with Crippen LogP contribution in [0, 0.1) is 0 Å². The summed E-state index contributed by atoms with van der Waals surface area (Å²) in [6.07, 6.45) is 0. The summed E-state index contributed by atoms with van der Waals surface area (Å²) in [5.74, 6) is 0. The van der Waals surface area contributed by atoms with Crippen LogP contribution in [0.1, 0.15) is 22.3 Å². The minimum Gasteiger partial charge on any atom is -0.245 e. The summed E-state index contributed by atoms with van der Waals surface area (Å²) in [5.41, 5.74) is 15.6. The maximum absolute atomic E-state index is 5.40. The van der Waals surface area contributed by atoms with Crippen molar-refractivity contribution in [3.05, 3.63) is 253 Å². The Bertz CT molecular complexity index is 3740. The average molecular weight is 799 g/mol. The van der Waals surface area contributed by atoms with Gasteiger partial charge in [-0.1, -0.05) is 212 Å². The van der Waals surface area contributed by atoms with E-state index in [-0.39, 0.29) is 0 Å². The van der Waals surface area contributed by atoms with E-state index in [0.717, 1.165) is 44.3 Å². The highest BCUT2D eigenvalue weighted by Gasteiger charge is 2.47. The van der Waals surface area contributed by atoms with Gasteiger partial charge in [-0.3, -0.25) is 0 Å². The second-order valence-corrected chi connectivity index (χ2v) is 16.8.